The molecule has 0 aliphatic carbocycles. The topological polar surface area (TPSA) is 42.6 Å². The van der Waals surface area contributed by atoms with Crippen LogP contribution in [0.4, 0.5) is 0 Å². The maximum atomic E-state index is 9.23. The Morgan fingerprint density at radius 3 is 2.67 bits per heavy atom. The van der Waals surface area contributed by atoms with Crippen molar-refractivity contribution in [3.05, 3.63) is 83.3 Å². The van der Waals surface area contributed by atoms with Gasteiger partial charge in [-0.05, 0) is 59.3 Å². The van der Waals surface area contributed by atoms with E-state index in [0.29, 0.717) is 18.3 Å². The molecule has 0 spiro atoms. The Morgan fingerprint density at radius 1 is 1.22 bits per heavy atom. The number of furan rings is 1. The van der Waals surface area contributed by atoms with E-state index in [1.165, 1.54) is 22.3 Å². The lowest BCUT2D eigenvalue weighted by atomic mass is 9.90. The molecule has 1 aromatic heterocycles. The average molecular weight is 364 g/mol. The van der Waals surface area contributed by atoms with Crippen LogP contribution in [-0.4, -0.2) is 17.8 Å². The first-order chi connectivity index (χ1) is 13.1. The van der Waals surface area contributed by atoms with Crippen LogP contribution in [0.5, 0.6) is 0 Å². The fraction of sp³-hybridized carbons (Fsp3) is 0.333. The molecule has 1 atom stereocenters. The summed E-state index contributed by atoms with van der Waals surface area (Å²) in [5.74, 6) is 1.75. The molecule has 1 aliphatic rings. The maximum absolute atomic E-state index is 9.23. The predicted molar refractivity (Wildman–Crippen MR) is 110 cm³/mol. The monoisotopic (exact) mass is 364 g/mol. The van der Waals surface area contributed by atoms with Gasteiger partial charge in [0.05, 0.1) is 12.7 Å². The Kier molecular flexibility index (Phi) is 6.49. The fourth-order valence-corrected chi connectivity index (χ4v) is 3.35. The third-order valence-corrected chi connectivity index (χ3v) is 4.99. The highest BCUT2D eigenvalue weighted by Crippen LogP contribution is 2.32. The largest absolute Gasteiger partial charge is 0.459 e. The Hall–Kier alpha value is -2.36. The molecule has 0 radical (unpaired) electrons. The van der Waals surface area contributed by atoms with Gasteiger partial charge >= 0.3 is 0 Å². The van der Waals surface area contributed by atoms with Crippen LogP contribution >= 0.6 is 0 Å². The Bertz CT molecular complexity index is 824. The van der Waals surface area contributed by atoms with Gasteiger partial charge in [-0.1, -0.05) is 56.8 Å². The quantitative estimate of drug-likeness (QED) is 0.660. The van der Waals surface area contributed by atoms with Gasteiger partial charge in [0.15, 0.2) is 0 Å². The van der Waals surface area contributed by atoms with E-state index in [1.807, 2.05) is 30.3 Å². The highest BCUT2D eigenvalue weighted by molar-refractivity contribution is 5.80. The summed E-state index contributed by atoms with van der Waals surface area (Å²) in [4.78, 5) is 0. The lowest BCUT2D eigenvalue weighted by Gasteiger charge is -2.19. The molecule has 142 valence electrons. The van der Waals surface area contributed by atoms with Gasteiger partial charge < -0.3 is 14.3 Å². The summed E-state index contributed by atoms with van der Waals surface area (Å²) < 4.78 is 11.6. The molecule has 3 heteroatoms. The molecule has 1 unspecified atom stereocenters. The van der Waals surface area contributed by atoms with E-state index < -0.39 is 0 Å². The molecule has 3 nitrogen and oxygen atoms in total. The van der Waals surface area contributed by atoms with Crippen molar-refractivity contribution in [1.82, 2.24) is 0 Å². The number of aliphatic hydroxyl groups excluding tert-OH is 1. The van der Waals surface area contributed by atoms with Crippen molar-refractivity contribution in [2.24, 2.45) is 5.92 Å². The molecule has 2 heterocycles. The third-order valence-electron chi connectivity index (χ3n) is 4.99. The number of allylic oxidation sites excluding steroid dienone is 1. The van der Waals surface area contributed by atoms with Gasteiger partial charge in [0.25, 0.3) is 0 Å². The van der Waals surface area contributed by atoms with Gasteiger partial charge in [0, 0.05) is 0 Å². The second kappa shape index (κ2) is 9.03. The first-order valence-electron chi connectivity index (χ1n) is 9.55. The fourth-order valence-electron chi connectivity index (χ4n) is 3.35. The van der Waals surface area contributed by atoms with Crippen molar-refractivity contribution < 1.29 is 14.3 Å². The van der Waals surface area contributed by atoms with E-state index in [1.54, 1.807) is 0 Å². The van der Waals surface area contributed by atoms with Crippen LogP contribution in [0.1, 0.15) is 43.8 Å². The van der Waals surface area contributed by atoms with E-state index in [9.17, 15) is 5.11 Å². The molecule has 1 N–H and O–H groups in total. The summed E-state index contributed by atoms with van der Waals surface area (Å²) in [6.07, 6.45) is 6.08. The number of benzene rings is 1. The van der Waals surface area contributed by atoms with Crippen LogP contribution < -0.4 is 0 Å². The minimum Gasteiger partial charge on any atom is -0.459 e. The van der Waals surface area contributed by atoms with Gasteiger partial charge in [-0.3, -0.25) is 0 Å². The zero-order valence-corrected chi connectivity index (χ0v) is 16.2. The van der Waals surface area contributed by atoms with Gasteiger partial charge in [0.1, 0.15) is 18.1 Å². The standard InChI is InChI=1S/C24H28O3/c1-17(2)18(3)23-13-14-26-24(23)12-9-20(19-7-5-4-6-8-19)15-21-10-11-22(16-25)27-21/h4-8,10-11,13,15,17,24-25H,3,9,12,14,16H2,1-2H3/b20-15-. The number of hydrogen-bond donors (Lipinski definition) is 1. The van der Waals surface area contributed by atoms with Crippen molar-refractivity contribution in [1.29, 1.82) is 0 Å². The smallest absolute Gasteiger partial charge is 0.130 e. The molecule has 2 aromatic rings. The first kappa shape index (κ1) is 19.4. The van der Waals surface area contributed by atoms with Gasteiger partial charge in [0.2, 0.25) is 0 Å². The minimum absolute atomic E-state index is 0.0874. The minimum atomic E-state index is -0.0874. The molecular weight excluding hydrogens is 336 g/mol. The molecule has 1 aromatic carbocycles. The number of ether oxygens (including phenoxy) is 1. The lowest BCUT2D eigenvalue weighted by molar-refractivity contribution is 0.117. The van der Waals surface area contributed by atoms with Crippen molar-refractivity contribution in [2.45, 2.75) is 39.4 Å². The van der Waals surface area contributed by atoms with E-state index >= 15 is 0 Å². The maximum Gasteiger partial charge on any atom is 0.130 e. The first-order valence-corrected chi connectivity index (χ1v) is 9.55. The second-order valence-corrected chi connectivity index (χ2v) is 7.20. The molecule has 0 bridgehead atoms. The Labute approximate surface area is 161 Å². The molecule has 0 saturated heterocycles. The van der Waals surface area contributed by atoms with E-state index in [0.717, 1.165) is 18.6 Å². The van der Waals surface area contributed by atoms with Gasteiger partial charge in [-0.2, -0.15) is 0 Å². The van der Waals surface area contributed by atoms with Crippen LogP contribution in [0.25, 0.3) is 11.6 Å². The number of aliphatic hydroxyl groups is 1. The molecule has 3 rings (SSSR count). The second-order valence-electron chi connectivity index (χ2n) is 7.20. The zero-order chi connectivity index (χ0) is 19.2. The predicted octanol–water partition coefficient (Wildman–Crippen LogP) is 5.63. The van der Waals surface area contributed by atoms with E-state index in [-0.39, 0.29) is 12.7 Å². The highest BCUT2D eigenvalue weighted by atomic mass is 16.5. The summed E-state index contributed by atoms with van der Waals surface area (Å²) in [6.45, 7) is 9.16. The lowest BCUT2D eigenvalue weighted by Crippen LogP contribution is -2.13. The molecular formula is C24H28O3. The van der Waals surface area contributed by atoms with Crippen LogP contribution in [-0.2, 0) is 11.3 Å². The summed E-state index contributed by atoms with van der Waals surface area (Å²) in [6, 6.07) is 14.0. The van der Waals surface area contributed by atoms with Crippen LogP contribution in [0.3, 0.4) is 0 Å². The van der Waals surface area contributed by atoms with Crippen LogP contribution in [0.15, 0.2) is 70.7 Å². The zero-order valence-electron chi connectivity index (χ0n) is 16.2. The van der Waals surface area contributed by atoms with E-state index in [4.69, 9.17) is 9.15 Å². The SMILES string of the molecule is C=C(C1=CCOC1CC/C(=C/c1ccc(CO)o1)c1ccccc1)C(C)C. The van der Waals surface area contributed by atoms with Crippen LogP contribution in [0.2, 0.25) is 0 Å². The van der Waals surface area contributed by atoms with Gasteiger partial charge in [-0.15, -0.1) is 0 Å². The van der Waals surface area contributed by atoms with Crippen LogP contribution in [0, 0.1) is 5.92 Å². The molecule has 1 aliphatic heterocycles. The molecule has 0 fully saturated rings. The van der Waals surface area contributed by atoms with Gasteiger partial charge in [-0.25, -0.2) is 0 Å². The Balaban J connectivity index is 1.78. The van der Waals surface area contributed by atoms with Crippen molar-refractivity contribution in [3.63, 3.8) is 0 Å². The summed E-state index contributed by atoms with van der Waals surface area (Å²) in [7, 11) is 0. The highest BCUT2D eigenvalue weighted by Gasteiger charge is 2.23. The molecule has 27 heavy (non-hydrogen) atoms. The molecule has 0 saturated carbocycles. The summed E-state index contributed by atoms with van der Waals surface area (Å²) in [5, 5.41) is 9.23. The average Bonchev–Trinajstić information content (AvgIpc) is 3.34. The van der Waals surface area contributed by atoms with Crippen molar-refractivity contribution in [2.75, 3.05) is 6.61 Å². The number of rotatable bonds is 8. The van der Waals surface area contributed by atoms with Crippen molar-refractivity contribution in [3.8, 4) is 0 Å². The third kappa shape index (κ3) is 4.88. The molecule has 0 amide bonds. The van der Waals surface area contributed by atoms with E-state index in [2.05, 4.69) is 44.7 Å². The Morgan fingerprint density at radius 2 is 2.00 bits per heavy atom. The summed E-state index contributed by atoms with van der Waals surface area (Å²) in [5.41, 5.74) is 4.78. The normalized spacial score (nSPS) is 17.4. The van der Waals surface area contributed by atoms with Crippen molar-refractivity contribution >= 4 is 11.6 Å². The summed E-state index contributed by atoms with van der Waals surface area (Å²) >= 11 is 0. The number of hydrogen-bond acceptors (Lipinski definition) is 3.